The highest BCUT2D eigenvalue weighted by Crippen LogP contribution is 2.31. The molecule has 3 aromatic carbocycles. The van der Waals surface area contributed by atoms with Crippen LogP contribution in [0, 0.1) is 0 Å². The Labute approximate surface area is 212 Å². The third kappa shape index (κ3) is 4.38. The second-order valence-electron chi connectivity index (χ2n) is 8.45. The van der Waals surface area contributed by atoms with E-state index in [0.29, 0.717) is 40.5 Å². The zero-order chi connectivity index (χ0) is 25.4. The lowest BCUT2D eigenvalue weighted by molar-refractivity contribution is 0.395. The number of pyridine rings is 1. The van der Waals surface area contributed by atoms with Crippen LogP contribution >= 0.6 is 0 Å². The van der Waals surface area contributed by atoms with Gasteiger partial charge in [-0.2, -0.15) is 0 Å². The number of hydrogen-bond acceptors (Lipinski definition) is 7. The first-order valence-corrected chi connectivity index (χ1v) is 11.7. The number of nitrogens with zero attached hydrogens (tertiary/aromatic N) is 4. The predicted octanol–water partition coefficient (Wildman–Crippen LogP) is 6.06. The Kier molecular flexibility index (Phi) is 5.57. The number of para-hydroxylation sites is 2. The topological polar surface area (TPSA) is 99.1 Å². The molecule has 0 aliphatic carbocycles. The van der Waals surface area contributed by atoms with Crippen molar-refractivity contribution in [1.82, 2.24) is 24.5 Å². The van der Waals surface area contributed by atoms with E-state index in [1.807, 2.05) is 84.4 Å². The number of fused-ring (bicyclic) bond motifs is 2. The molecular formula is C28H24N6O3. The van der Waals surface area contributed by atoms with E-state index >= 15 is 0 Å². The van der Waals surface area contributed by atoms with E-state index in [1.165, 1.54) is 0 Å². The summed E-state index contributed by atoms with van der Waals surface area (Å²) in [6.45, 7) is 0. The van der Waals surface area contributed by atoms with Crippen LogP contribution in [0.15, 0.2) is 79.0 Å². The molecule has 0 fully saturated rings. The minimum absolute atomic E-state index is 0.655. The molecule has 37 heavy (non-hydrogen) atoms. The summed E-state index contributed by atoms with van der Waals surface area (Å²) in [5, 5.41) is 3.35. The van der Waals surface area contributed by atoms with Crippen LogP contribution in [0.4, 0.5) is 11.6 Å². The second-order valence-corrected chi connectivity index (χ2v) is 8.45. The number of aromatic amines is 1. The molecule has 6 aromatic rings. The van der Waals surface area contributed by atoms with Crippen molar-refractivity contribution < 1.29 is 14.2 Å². The van der Waals surface area contributed by atoms with Crippen LogP contribution < -0.4 is 19.5 Å². The molecule has 2 N–H and O–H groups in total. The second kappa shape index (κ2) is 9.19. The first-order chi connectivity index (χ1) is 18.1. The number of methoxy groups -OCH3 is 2. The number of nitrogens with one attached hydrogen (secondary N) is 2. The maximum absolute atomic E-state index is 6.17. The summed E-state index contributed by atoms with van der Waals surface area (Å²) in [7, 11) is 5.20. The lowest BCUT2D eigenvalue weighted by atomic mass is 10.3. The van der Waals surface area contributed by atoms with Gasteiger partial charge in [0.05, 0.1) is 36.3 Å². The Morgan fingerprint density at radius 1 is 0.784 bits per heavy atom. The molecule has 3 aromatic heterocycles. The van der Waals surface area contributed by atoms with Crippen molar-refractivity contribution in [2.24, 2.45) is 7.05 Å². The molecule has 0 amide bonds. The number of aromatic nitrogens is 5. The Morgan fingerprint density at radius 3 is 2.35 bits per heavy atom. The molecule has 9 heteroatoms. The largest absolute Gasteiger partial charge is 0.497 e. The van der Waals surface area contributed by atoms with Crippen molar-refractivity contribution >= 4 is 33.7 Å². The summed E-state index contributed by atoms with van der Waals surface area (Å²) in [4.78, 5) is 17.2. The molecule has 0 aliphatic heterocycles. The number of imidazole rings is 2. The van der Waals surface area contributed by atoms with Crippen LogP contribution in [0.5, 0.6) is 23.0 Å². The highest BCUT2D eigenvalue weighted by molar-refractivity contribution is 5.81. The number of H-pyrrole nitrogens is 1. The minimum Gasteiger partial charge on any atom is -0.497 e. The fourth-order valence-corrected chi connectivity index (χ4v) is 4.18. The van der Waals surface area contributed by atoms with E-state index < -0.39 is 0 Å². The quantitative estimate of drug-likeness (QED) is 0.279. The molecule has 3 heterocycles. The van der Waals surface area contributed by atoms with Gasteiger partial charge < -0.3 is 29.1 Å². The monoisotopic (exact) mass is 492 g/mol. The average Bonchev–Trinajstić information content (AvgIpc) is 3.49. The van der Waals surface area contributed by atoms with Gasteiger partial charge in [0, 0.05) is 49.3 Å². The van der Waals surface area contributed by atoms with Crippen molar-refractivity contribution in [3.8, 4) is 34.5 Å². The van der Waals surface area contributed by atoms with Gasteiger partial charge in [-0.25, -0.2) is 9.97 Å². The minimum atomic E-state index is 0.655. The van der Waals surface area contributed by atoms with Crippen molar-refractivity contribution in [2.45, 2.75) is 0 Å². The van der Waals surface area contributed by atoms with Crippen molar-refractivity contribution in [1.29, 1.82) is 0 Å². The third-order valence-electron chi connectivity index (χ3n) is 6.06. The van der Waals surface area contributed by atoms with E-state index in [-0.39, 0.29) is 0 Å². The first kappa shape index (κ1) is 22.4. The van der Waals surface area contributed by atoms with Crippen molar-refractivity contribution in [3.05, 3.63) is 79.0 Å². The van der Waals surface area contributed by atoms with Crippen LogP contribution in [-0.2, 0) is 7.05 Å². The molecular weight excluding hydrogens is 468 g/mol. The summed E-state index contributed by atoms with van der Waals surface area (Å²) < 4.78 is 18.9. The van der Waals surface area contributed by atoms with Crippen LogP contribution in [0.2, 0.25) is 0 Å². The smallest absolute Gasteiger partial charge is 0.208 e. The van der Waals surface area contributed by atoms with Crippen LogP contribution in [-0.4, -0.2) is 38.7 Å². The Morgan fingerprint density at radius 2 is 1.57 bits per heavy atom. The molecule has 184 valence electrons. The highest BCUT2D eigenvalue weighted by atomic mass is 16.5. The van der Waals surface area contributed by atoms with Crippen molar-refractivity contribution in [2.75, 3.05) is 19.5 Å². The zero-order valence-electron chi connectivity index (χ0n) is 20.5. The Hall–Kier alpha value is -5.05. The molecule has 0 atom stereocenters. The number of aryl methyl sites for hydroxylation is 1. The van der Waals surface area contributed by atoms with Gasteiger partial charge in [0.15, 0.2) is 5.82 Å². The summed E-state index contributed by atoms with van der Waals surface area (Å²) >= 11 is 0. The zero-order valence-corrected chi connectivity index (χ0v) is 20.5. The van der Waals surface area contributed by atoms with E-state index in [1.54, 1.807) is 20.4 Å². The van der Waals surface area contributed by atoms with E-state index in [0.717, 1.165) is 27.8 Å². The Bertz CT molecular complexity index is 1680. The number of hydrogen-bond donors (Lipinski definition) is 2. The maximum Gasteiger partial charge on any atom is 0.208 e. The summed E-state index contributed by atoms with van der Waals surface area (Å²) in [5.41, 5.74) is 5.12. The molecule has 0 spiro atoms. The lowest BCUT2D eigenvalue weighted by Gasteiger charge is -2.10. The summed E-state index contributed by atoms with van der Waals surface area (Å²) in [6, 6.07) is 23.0. The van der Waals surface area contributed by atoms with Gasteiger partial charge in [-0.15, -0.1) is 0 Å². The van der Waals surface area contributed by atoms with Crippen LogP contribution in [0.3, 0.4) is 0 Å². The average molecular weight is 493 g/mol. The number of anilines is 2. The normalized spacial score (nSPS) is 11.1. The molecule has 0 saturated heterocycles. The van der Waals surface area contributed by atoms with E-state index in [4.69, 9.17) is 19.2 Å². The number of benzene rings is 3. The fourth-order valence-electron chi connectivity index (χ4n) is 4.18. The molecule has 9 nitrogen and oxygen atoms in total. The highest BCUT2D eigenvalue weighted by Gasteiger charge is 2.12. The SMILES string of the molecule is COc1cc(Nc2nc3cc(Oc4ccnc(-c5nc6ccccc6[nH]5)c4)ccc3n2C)cc(OC)c1. The van der Waals surface area contributed by atoms with Gasteiger partial charge in [-0.05, 0) is 30.3 Å². The van der Waals surface area contributed by atoms with Crippen LogP contribution in [0.1, 0.15) is 0 Å². The summed E-state index contributed by atoms with van der Waals surface area (Å²) in [6.07, 6.45) is 1.71. The number of ether oxygens (including phenoxy) is 3. The van der Waals surface area contributed by atoms with Gasteiger partial charge in [0.25, 0.3) is 0 Å². The van der Waals surface area contributed by atoms with Crippen LogP contribution in [0.25, 0.3) is 33.6 Å². The standard InChI is InChI=1S/C28H24N6O3/c1-34-26-9-8-18(15-24(26)33-28(34)30-17-12-20(35-2)14-21(13-17)36-3)37-19-10-11-29-25(16-19)27-31-22-6-4-5-7-23(22)32-27/h4-16H,1-3H3,(H,30,33)(H,31,32). The lowest BCUT2D eigenvalue weighted by Crippen LogP contribution is -2.00. The fraction of sp³-hybridized carbons (Fsp3) is 0.107. The summed E-state index contributed by atoms with van der Waals surface area (Å²) in [5.74, 6) is 4.08. The van der Waals surface area contributed by atoms with Crippen molar-refractivity contribution in [3.63, 3.8) is 0 Å². The maximum atomic E-state index is 6.17. The first-order valence-electron chi connectivity index (χ1n) is 11.7. The molecule has 0 radical (unpaired) electrons. The van der Waals surface area contributed by atoms with Gasteiger partial charge in [-0.3, -0.25) is 4.98 Å². The van der Waals surface area contributed by atoms with Gasteiger partial charge in [-0.1, -0.05) is 12.1 Å². The molecule has 0 aliphatic rings. The van der Waals surface area contributed by atoms with E-state index in [2.05, 4.69) is 20.3 Å². The molecule has 0 saturated carbocycles. The van der Waals surface area contributed by atoms with Gasteiger partial charge in [0.1, 0.15) is 28.7 Å². The number of rotatable bonds is 7. The third-order valence-corrected chi connectivity index (χ3v) is 6.06. The van der Waals surface area contributed by atoms with Gasteiger partial charge in [0.2, 0.25) is 5.95 Å². The molecule has 6 rings (SSSR count). The molecule has 0 bridgehead atoms. The molecule has 0 unspecified atom stereocenters. The Balaban J connectivity index is 1.26. The van der Waals surface area contributed by atoms with E-state index in [9.17, 15) is 0 Å². The predicted molar refractivity (Wildman–Crippen MR) is 143 cm³/mol. The van der Waals surface area contributed by atoms with Gasteiger partial charge >= 0.3 is 0 Å².